The molecule has 0 saturated heterocycles. The molecule has 1 amide bonds. The SMILES string of the molecule is CCCCCCCCC(=O)N[S@+]([O-])Cc1ccc(CN(C)C)cc1. The van der Waals surface area contributed by atoms with Crippen LogP contribution in [0.5, 0.6) is 0 Å². The predicted molar refractivity (Wildman–Crippen MR) is 102 cm³/mol. The van der Waals surface area contributed by atoms with E-state index < -0.39 is 11.4 Å². The highest BCUT2D eigenvalue weighted by molar-refractivity contribution is 7.89. The molecule has 0 radical (unpaired) electrons. The molecule has 0 saturated carbocycles. The van der Waals surface area contributed by atoms with Crippen LogP contribution in [0.4, 0.5) is 0 Å². The maximum atomic E-state index is 12.0. The number of nitrogens with one attached hydrogen (secondary N) is 1. The fourth-order valence-electron chi connectivity index (χ4n) is 2.54. The Balaban J connectivity index is 2.22. The van der Waals surface area contributed by atoms with Gasteiger partial charge < -0.3 is 9.45 Å². The highest BCUT2D eigenvalue weighted by atomic mass is 32.2. The largest absolute Gasteiger partial charge is 0.593 e. The van der Waals surface area contributed by atoms with Crippen molar-refractivity contribution in [3.05, 3.63) is 35.4 Å². The minimum atomic E-state index is -1.34. The topological polar surface area (TPSA) is 55.4 Å². The Hall–Kier alpha value is -1.04. The molecule has 0 heterocycles. The van der Waals surface area contributed by atoms with Gasteiger partial charge in [-0.3, -0.25) is 4.79 Å². The van der Waals surface area contributed by atoms with E-state index in [0.717, 1.165) is 24.9 Å². The van der Waals surface area contributed by atoms with Gasteiger partial charge >= 0.3 is 0 Å². The summed E-state index contributed by atoms with van der Waals surface area (Å²) in [5.74, 6) is 0.262. The van der Waals surface area contributed by atoms with Crippen molar-refractivity contribution in [1.29, 1.82) is 0 Å². The van der Waals surface area contributed by atoms with Crippen LogP contribution in [0.25, 0.3) is 0 Å². The van der Waals surface area contributed by atoms with Gasteiger partial charge in [-0.1, -0.05) is 63.3 Å². The molecule has 1 rings (SSSR count). The molecule has 1 aromatic rings. The molecule has 1 atom stereocenters. The molecule has 0 aliphatic heterocycles. The van der Waals surface area contributed by atoms with Crippen LogP contribution in [0.3, 0.4) is 0 Å². The van der Waals surface area contributed by atoms with Gasteiger partial charge in [-0.2, -0.15) is 4.72 Å². The van der Waals surface area contributed by atoms with E-state index in [9.17, 15) is 9.35 Å². The van der Waals surface area contributed by atoms with Crippen LogP contribution in [0.1, 0.15) is 63.0 Å². The number of rotatable bonds is 12. The molecular weight excluding hydrogens is 320 g/mol. The summed E-state index contributed by atoms with van der Waals surface area (Å²) in [6.07, 6.45) is 7.36. The summed E-state index contributed by atoms with van der Waals surface area (Å²) in [6, 6.07) is 8.06. The lowest BCUT2D eigenvalue weighted by Crippen LogP contribution is -2.31. The van der Waals surface area contributed by atoms with Crippen LogP contribution in [0.2, 0.25) is 0 Å². The summed E-state index contributed by atoms with van der Waals surface area (Å²) in [7, 11) is 4.06. The zero-order valence-corrected chi connectivity index (χ0v) is 16.2. The van der Waals surface area contributed by atoms with E-state index in [-0.39, 0.29) is 5.91 Å². The van der Waals surface area contributed by atoms with Crippen molar-refractivity contribution in [2.24, 2.45) is 0 Å². The van der Waals surface area contributed by atoms with Crippen LogP contribution >= 0.6 is 0 Å². The first-order chi connectivity index (χ1) is 11.5. The summed E-state index contributed by atoms with van der Waals surface area (Å²) < 4.78 is 14.6. The van der Waals surface area contributed by atoms with E-state index in [1.165, 1.54) is 31.2 Å². The zero-order chi connectivity index (χ0) is 17.8. The van der Waals surface area contributed by atoms with Crippen molar-refractivity contribution in [1.82, 2.24) is 9.62 Å². The molecular formula is C19H32N2O2S. The summed E-state index contributed by atoms with van der Waals surface area (Å²) in [6.45, 7) is 3.08. The Bertz CT molecular complexity index is 463. The van der Waals surface area contributed by atoms with Gasteiger partial charge in [-0.25, -0.2) is 0 Å². The van der Waals surface area contributed by atoms with Crippen LogP contribution in [0, 0.1) is 0 Å². The average Bonchev–Trinajstić information content (AvgIpc) is 2.52. The van der Waals surface area contributed by atoms with Crippen LogP contribution in [-0.2, 0) is 28.5 Å². The van der Waals surface area contributed by atoms with E-state index in [0.29, 0.717) is 12.2 Å². The van der Waals surface area contributed by atoms with Crippen LogP contribution in [0.15, 0.2) is 24.3 Å². The second-order valence-corrected chi connectivity index (χ2v) is 7.77. The first-order valence-electron chi connectivity index (χ1n) is 8.91. The Morgan fingerprint density at radius 2 is 1.62 bits per heavy atom. The van der Waals surface area contributed by atoms with Crippen molar-refractivity contribution in [3.63, 3.8) is 0 Å². The maximum Gasteiger partial charge on any atom is 0.261 e. The fourth-order valence-corrected chi connectivity index (χ4v) is 3.46. The number of hydrogen-bond acceptors (Lipinski definition) is 3. The lowest BCUT2D eigenvalue weighted by molar-refractivity contribution is -0.119. The quantitative estimate of drug-likeness (QED) is 0.460. The molecule has 0 fully saturated rings. The molecule has 0 bridgehead atoms. The minimum absolute atomic E-state index is 0.104. The van der Waals surface area contributed by atoms with E-state index in [1.807, 2.05) is 38.4 Å². The molecule has 24 heavy (non-hydrogen) atoms. The van der Waals surface area contributed by atoms with E-state index >= 15 is 0 Å². The fraction of sp³-hybridized carbons (Fsp3) is 0.632. The van der Waals surface area contributed by atoms with E-state index in [1.54, 1.807) is 0 Å². The number of carbonyl (C=O) groups is 1. The van der Waals surface area contributed by atoms with Gasteiger partial charge in [0.05, 0.1) is 11.4 Å². The zero-order valence-electron chi connectivity index (χ0n) is 15.3. The van der Waals surface area contributed by atoms with Crippen molar-refractivity contribution in [3.8, 4) is 0 Å². The molecule has 0 spiro atoms. The van der Waals surface area contributed by atoms with E-state index in [2.05, 4.69) is 16.5 Å². The third kappa shape index (κ3) is 9.96. The summed E-state index contributed by atoms with van der Waals surface area (Å²) in [5.41, 5.74) is 2.21. The third-order valence-electron chi connectivity index (χ3n) is 3.80. The summed E-state index contributed by atoms with van der Waals surface area (Å²) in [5, 5.41) is 0. The molecule has 0 aromatic heterocycles. The minimum Gasteiger partial charge on any atom is -0.593 e. The normalized spacial score (nSPS) is 12.4. The van der Waals surface area contributed by atoms with Crippen molar-refractivity contribution < 1.29 is 9.35 Å². The second-order valence-electron chi connectivity index (χ2n) is 6.59. The average molecular weight is 353 g/mol. The van der Waals surface area contributed by atoms with Crippen molar-refractivity contribution >= 4 is 17.3 Å². The van der Waals surface area contributed by atoms with Gasteiger partial charge in [0.1, 0.15) is 0 Å². The number of benzene rings is 1. The molecule has 0 aliphatic carbocycles. The maximum absolute atomic E-state index is 12.0. The van der Waals surface area contributed by atoms with Gasteiger partial charge in [-0.15, -0.1) is 0 Å². The molecule has 0 unspecified atom stereocenters. The standard InChI is InChI=1S/C19H32N2O2S/c1-4-5-6-7-8-9-10-19(22)20-24(23)16-18-13-11-17(12-14-18)15-21(2)3/h11-14H,4-10,15-16H2,1-3H3,(H,20,22)/t24-/m1/s1. The van der Waals surface area contributed by atoms with Gasteiger partial charge in [0.15, 0.2) is 5.75 Å². The Morgan fingerprint density at radius 3 is 2.25 bits per heavy atom. The molecule has 4 nitrogen and oxygen atoms in total. The Morgan fingerprint density at radius 1 is 1.04 bits per heavy atom. The number of carbonyl (C=O) groups excluding carboxylic acids is 1. The van der Waals surface area contributed by atoms with Gasteiger partial charge in [0.2, 0.25) is 0 Å². The highest BCUT2D eigenvalue weighted by Crippen LogP contribution is 2.10. The second kappa shape index (κ2) is 12.3. The van der Waals surface area contributed by atoms with Gasteiger partial charge in [0, 0.05) is 18.5 Å². The highest BCUT2D eigenvalue weighted by Gasteiger charge is 2.12. The predicted octanol–water partition coefficient (Wildman–Crippen LogP) is 3.78. The monoisotopic (exact) mass is 352 g/mol. The number of unbranched alkanes of at least 4 members (excludes halogenated alkanes) is 5. The molecule has 1 aromatic carbocycles. The summed E-state index contributed by atoms with van der Waals surface area (Å²) in [4.78, 5) is 13.9. The number of nitrogens with zero attached hydrogens (tertiary/aromatic N) is 1. The molecule has 1 N–H and O–H groups in total. The Kier molecular flexibility index (Phi) is 10.8. The first-order valence-corrected chi connectivity index (χ1v) is 10.2. The van der Waals surface area contributed by atoms with Crippen molar-refractivity contribution in [2.45, 2.75) is 64.2 Å². The first kappa shape index (κ1) is 21.0. The molecule has 0 aliphatic rings. The number of hydrogen-bond donors (Lipinski definition) is 1. The van der Waals surface area contributed by atoms with Crippen LogP contribution in [-0.4, -0.2) is 29.5 Å². The Labute approximate surface area is 150 Å². The summed E-state index contributed by atoms with van der Waals surface area (Å²) >= 11 is -1.34. The van der Waals surface area contributed by atoms with Crippen molar-refractivity contribution in [2.75, 3.05) is 14.1 Å². The lowest BCUT2D eigenvalue weighted by atomic mass is 10.1. The van der Waals surface area contributed by atoms with Gasteiger partial charge in [-0.05, 0) is 26.1 Å². The smallest absolute Gasteiger partial charge is 0.261 e. The molecule has 5 heteroatoms. The number of amides is 1. The third-order valence-corrected chi connectivity index (χ3v) is 4.86. The lowest BCUT2D eigenvalue weighted by Gasteiger charge is -2.12. The molecule has 136 valence electrons. The van der Waals surface area contributed by atoms with E-state index in [4.69, 9.17) is 0 Å². The van der Waals surface area contributed by atoms with Crippen LogP contribution < -0.4 is 4.72 Å². The van der Waals surface area contributed by atoms with Gasteiger partial charge in [0.25, 0.3) is 5.91 Å².